The van der Waals surface area contributed by atoms with Crippen molar-refractivity contribution in [2.45, 2.75) is 20.8 Å². The minimum atomic E-state index is -0.384. The van der Waals surface area contributed by atoms with E-state index in [1.807, 2.05) is 0 Å². The largest absolute Gasteiger partial charge is 0.491 e. The van der Waals surface area contributed by atoms with E-state index in [1.165, 1.54) is 0 Å². The van der Waals surface area contributed by atoms with Crippen molar-refractivity contribution in [3.63, 3.8) is 0 Å². The number of nitrogen functional groups attached to an aromatic ring is 1. The Morgan fingerprint density at radius 2 is 1.95 bits per heavy atom. The van der Waals surface area contributed by atoms with Gasteiger partial charge in [0.1, 0.15) is 17.9 Å². The Kier molecular flexibility index (Phi) is 6.87. The SMILES string of the molecule is CCOC(=O)c1ccc(N)cc1OCCN(CC)CC. The Bertz CT molecular complexity index is 431. The Morgan fingerprint density at radius 3 is 2.55 bits per heavy atom. The molecule has 0 saturated heterocycles. The average Bonchev–Trinajstić information content (AvgIpc) is 2.44. The number of nitrogens with two attached hydrogens (primary N) is 1. The summed E-state index contributed by atoms with van der Waals surface area (Å²) in [6, 6.07) is 4.97. The van der Waals surface area contributed by atoms with Crippen molar-refractivity contribution in [2.24, 2.45) is 0 Å². The molecule has 0 radical (unpaired) electrons. The second-order valence-corrected chi connectivity index (χ2v) is 4.35. The lowest BCUT2D eigenvalue weighted by Crippen LogP contribution is -2.28. The van der Waals surface area contributed by atoms with Gasteiger partial charge < -0.3 is 20.1 Å². The summed E-state index contributed by atoms with van der Waals surface area (Å²) >= 11 is 0. The molecule has 0 heterocycles. The maximum Gasteiger partial charge on any atom is 0.341 e. The van der Waals surface area contributed by atoms with Gasteiger partial charge in [-0.25, -0.2) is 4.79 Å². The van der Waals surface area contributed by atoms with Gasteiger partial charge in [-0.3, -0.25) is 0 Å². The number of hydrogen-bond donors (Lipinski definition) is 1. The number of anilines is 1. The van der Waals surface area contributed by atoms with Gasteiger partial charge in [0.15, 0.2) is 0 Å². The van der Waals surface area contributed by atoms with Crippen LogP contribution >= 0.6 is 0 Å². The van der Waals surface area contributed by atoms with E-state index in [0.29, 0.717) is 30.2 Å². The standard InChI is InChI=1S/C15H24N2O3/c1-4-17(5-2)9-10-20-14-11-12(16)7-8-13(14)15(18)19-6-3/h7-8,11H,4-6,9-10,16H2,1-3H3. The Hall–Kier alpha value is -1.75. The third kappa shape index (κ3) is 4.74. The zero-order chi connectivity index (χ0) is 15.0. The molecule has 0 amide bonds. The van der Waals surface area contributed by atoms with Crippen molar-refractivity contribution in [2.75, 3.05) is 38.6 Å². The number of benzene rings is 1. The van der Waals surface area contributed by atoms with Crippen molar-refractivity contribution in [1.82, 2.24) is 4.90 Å². The van der Waals surface area contributed by atoms with Crippen LogP contribution in [0.5, 0.6) is 5.75 Å². The molecule has 0 aliphatic rings. The highest BCUT2D eigenvalue weighted by atomic mass is 16.5. The van der Waals surface area contributed by atoms with Crippen LogP contribution in [0.2, 0.25) is 0 Å². The van der Waals surface area contributed by atoms with Crippen LogP contribution in [0.25, 0.3) is 0 Å². The molecule has 20 heavy (non-hydrogen) atoms. The van der Waals surface area contributed by atoms with E-state index < -0.39 is 0 Å². The monoisotopic (exact) mass is 280 g/mol. The molecule has 0 spiro atoms. The molecular formula is C15H24N2O3. The van der Waals surface area contributed by atoms with Gasteiger partial charge in [-0.05, 0) is 32.1 Å². The fourth-order valence-electron chi connectivity index (χ4n) is 1.86. The molecule has 1 aromatic carbocycles. The van der Waals surface area contributed by atoms with Crippen molar-refractivity contribution < 1.29 is 14.3 Å². The normalized spacial score (nSPS) is 10.6. The van der Waals surface area contributed by atoms with Gasteiger partial charge in [0.2, 0.25) is 0 Å². The second kappa shape index (κ2) is 8.43. The number of carbonyl (C=O) groups is 1. The van der Waals surface area contributed by atoms with Gasteiger partial charge in [0.05, 0.1) is 6.61 Å². The molecule has 0 aromatic heterocycles. The van der Waals surface area contributed by atoms with Crippen LogP contribution in [0.3, 0.4) is 0 Å². The summed E-state index contributed by atoms with van der Waals surface area (Å²) in [7, 11) is 0. The van der Waals surface area contributed by atoms with Crippen LogP contribution in [-0.2, 0) is 4.74 Å². The number of hydrogen-bond acceptors (Lipinski definition) is 5. The maximum absolute atomic E-state index is 11.8. The van der Waals surface area contributed by atoms with Crippen molar-refractivity contribution in [3.8, 4) is 5.75 Å². The first-order valence-electron chi connectivity index (χ1n) is 7.04. The van der Waals surface area contributed by atoms with E-state index in [9.17, 15) is 4.79 Å². The predicted molar refractivity (Wildman–Crippen MR) is 80.1 cm³/mol. The van der Waals surface area contributed by atoms with Crippen molar-refractivity contribution >= 4 is 11.7 Å². The molecule has 0 bridgehead atoms. The Labute approximate surface area is 120 Å². The zero-order valence-electron chi connectivity index (χ0n) is 12.5. The summed E-state index contributed by atoms with van der Waals surface area (Å²) in [5, 5.41) is 0. The fraction of sp³-hybridized carbons (Fsp3) is 0.533. The van der Waals surface area contributed by atoms with Crippen molar-refractivity contribution in [1.29, 1.82) is 0 Å². The summed E-state index contributed by atoms with van der Waals surface area (Å²) < 4.78 is 10.7. The van der Waals surface area contributed by atoms with Gasteiger partial charge in [-0.2, -0.15) is 0 Å². The maximum atomic E-state index is 11.8. The number of carbonyl (C=O) groups excluding carboxylic acids is 1. The molecule has 0 saturated carbocycles. The summed E-state index contributed by atoms with van der Waals surface area (Å²) in [5.74, 6) is 0.0981. The molecule has 0 atom stereocenters. The third-order valence-corrected chi connectivity index (χ3v) is 3.06. The first-order chi connectivity index (χ1) is 9.62. The topological polar surface area (TPSA) is 64.8 Å². The molecule has 0 unspecified atom stereocenters. The predicted octanol–water partition coefficient (Wildman–Crippen LogP) is 2.17. The second-order valence-electron chi connectivity index (χ2n) is 4.35. The summed E-state index contributed by atoms with van der Waals surface area (Å²) in [5.41, 5.74) is 6.73. The first-order valence-corrected chi connectivity index (χ1v) is 7.04. The molecule has 5 heteroatoms. The molecule has 5 nitrogen and oxygen atoms in total. The van der Waals surface area contributed by atoms with Gasteiger partial charge in [0, 0.05) is 18.3 Å². The molecule has 1 rings (SSSR count). The average molecular weight is 280 g/mol. The summed E-state index contributed by atoms with van der Waals surface area (Å²) in [6.07, 6.45) is 0. The quantitative estimate of drug-likeness (QED) is 0.584. The van der Waals surface area contributed by atoms with E-state index in [1.54, 1.807) is 25.1 Å². The third-order valence-electron chi connectivity index (χ3n) is 3.06. The van der Waals surface area contributed by atoms with Gasteiger partial charge in [0.25, 0.3) is 0 Å². The number of ether oxygens (including phenoxy) is 2. The van der Waals surface area contributed by atoms with E-state index in [4.69, 9.17) is 15.2 Å². The highest BCUT2D eigenvalue weighted by Gasteiger charge is 2.14. The Morgan fingerprint density at radius 1 is 1.25 bits per heavy atom. The van der Waals surface area contributed by atoms with Crippen LogP contribution in [-0.4, -0.2) is 43.7 Å². The number of esters is 1. The lowest BCUT2D eigenvalue weighted by Gasteiger charge is -2.18. The molecule has 0 aliphatic heterocycles. The van der Waals surface area contributed by atoms with Gasteiger partial charge in [-0.1, -0.05) is 13.8 Å². The van der Waals surface area contributed by atoms with Gasteiger partial charge >= 0.3 is 5.97 Å². The summed E-state index contributed by atoms with van der Waals surface area (Å²) in [4.78, 5) is 14.1. The van der Waals surface area contributed by atoms with Crippen LogP contribution in [0.1, 0.15) is 31.1 Å². The molecule has 1 aromatic rings. The molecule has 0 aliphatic carbocycles. The van der Waals surface area contributed by atoms with Crippen molar-refractivity contribution in [3.05, 3.63) is 23.8 Å². The van der Waals surface area contributed by atoms with E-state index in [-0.39, 0.29) is 5.97 Å². The molecule has 2 N–H and O–H groups in total. The molecular weight excluding hydrogens is 256 g/mol. The smallest absolute Gasteiger partial charge is 0.341 e. The van der Waals surface area contributed by atoms with Crippen LogP contribution in [0.15, 0.2) is 18.2 Å². The molecule has 0 fully saturated rings. The van der Waals surface area contributed by atoms with E-state index >= 15 is 0 Å². The van der Waals surface area contributed by atoms with Gasteiger partial charge in [-0.15, -0.1) is 0 Å². The highest BCUT2D eigenvalue weighted by Crippen LogP contribution is 2.22. The number of likely N-dealkylation sites (N-methyl/N-ethyl adjacent to an activating group) is 1. The van der Waals surface area contributed by atoms with Crippen LogP contribution in [0.4, 0.5) is 5.69 Å². The summed E-state index contributed by atoms with van der Waals surface area (Å²) in [6.45, 7) is 9.59. The first kappa shape index (κ1) is 16.3. The van der Waals surface area contributed by atoms with Crippen LogP contribution in [0, 0.1) is 0 Å². The minimum absolute atomic E-state index is 0.335. The number of rotatable bonds is 8. The van der Waals surface area contributed by atoms with E-state index in [2.05, 4.69) is 18.7 Å². The highest BCUT2D eigenvalue weighted by molar-refractivity contribution is 5.93. The lowest BCUT2D eigenvalue weighted by atomic mass is 10.2. The number of nitrogens with zero attached hydrogens (tertiary/aromatic N) is 1. The molecule has 112 valence electrons. The van der Waals surface area contributed by atoms with Crippen LogP contribution < -0.4 is 10.5 Å². The minimum Gasteiger partial charge on any atom is -0.491 e. The fourth-order valence-corrected chi connectivity index (χ4v) is 1.86. The lowest BCUT2D eigenvalue weighted by molar-refractivity contribution is 0.0521. The van der Waals surface area contributed by atoms with E-state index in [0.717, 1.165) is 19.6 Å². The Balaban J connectivity index is 2.72. The zero-order valence-corrected chi connectivity index (χ0v) is 12.5.